The van der Waals surface area contributed by atoms with Crippen molar-refractivity contribution in [3.8, 4) is 16.9 Å². The van der Waals surface area contributed by atoms with Crippen LogP contribution >= 0.6 is 0 Å². The van der Waals surface area contributed by atoms with Crippen molar-refractivity contribution in [3.05, 3.63) is 53.1 Å². The van der Waals surface area contributed by atoms with Gasteiger partial charge in [0.25, 0.3) is 0 Å². The molecule has 0 amide bonds. The van der Waals surface area contributed by atoms with Gasteiger partial charge in [0.1, 0.15) is 5.75 Å². The van der Waals surface area contributed by atoms with Crippen LogP contribution in [0.25, 0.3) is 11.1 Å². The lowest BCUT2D eigenvalue weighted by atomic mass is 10.0. The van der Waals surface area contributed by atoms with Gasteiger partial charge in [0.15, 0.2) is 5.78 Å². The first-order chi connectivity index (χ1) is 14.3. The number of piperidine rings is 1. The zero-order valence-electron chi connectivity index (χ0n) is 16.7. The van der Waals surface area contributed by atoms with Crippen molar-refractivity contribution >= 4 is 5.78 Å². The molecule has 1 atom stereocenters. The van der Waals surface area contributed by atoms with Crippen LogP contribution in [0.2, 0.25) is 0 Å². The molecular weight excluding hydrogens is 395 g/mol. The van der Waals surface area contributed by atoms with Crippen molar-refractivity contribution in [2.24, 2.45) is 5.92 Å². The molecule has 0 saturated carbocycles. The van der Waals surface area contributed by atoms with Crippen LogP contribution in [0.3, 0.4) is 0 Å². The Hall–Kier alpha value is -2.38. The molecule has 1 N–H and O–H groups in total. The topological polar surface area (TPSA) is 49.8 Å². The minimum absolute atomic E-state index is 0.0624. The number of carbonyl (C=O) groups excluding carboxylic acids is 1. The summed E-state index contributed by atoms with van der Waals surface area (Å²) in [5.41, 5.74) is 2.56. The van der Waals surface area contributed by atoms with Crippen LogP contribution in [0, 0.1) is 5.92 Å². The highest BCUT2D eigenvalue weighted by molar-refractivity contribution is 6.02. The summed E-state index contributed by atoms with van der Waals surface area (Å²) >= 11 is 0. The highest BCUT2D eigenvalue weighted by atomic mass is 19.4. The Morgan fingerprint density at radius 2 is 1.83 bits per heavy atom. The fourth-order valence-corrected chi connectivity index (χ4v) is 4.23. The van der Waals surface area contributed by atoms with Gasteiger partial charge < -0.3 is 14.7 Å². The van der Waals surface area contributed by atoms with E-state index in [4.69, 9.17) is 4.74 Å². The van der Waals surface area contributed by atoms with E-state index >= 15 is 0 Å². The van der Waals surface area contributed by atoms with Crippen LogP contribution in [0.4, 0.5) is 13.2 Å². The van der Waals surface area contributed by atoms with E-state index in [0.717, 1.165) is 67.4 Å². The third kappa shape index (κ3) is 4.37. The first-order valence-corrected chi connectivity index (χ1v) is 10.1. The average molecular weight is 419 g/mol. The Labute approximate surface area is 173 Å². The monoisotopic (exact) mass is 419 g/mol. The standard InChI is InChI=1S/C16H21NO3.C7H3F3/c1-20-14-3-2-11-8-12(16(19)15(11)9-14)10-17-6-4-13(18)5-7-17;8-7(9,10)6-2-1-4-3-5(4)6/h2-3,9,12-13,18H,4-8,10H2,1H3;1-3H. The quantitative estimate of drug-likeness (QED) is 0.692. The summed E-state index contributed by atoms with van der Waals surface area (Å²) in [6, 6.07) is 9.92. The molecule has 1 aromatic carbocycles. The van der Waals surface area contributed by atoms with Crippen molar-refractivity contribution in [2.45, 2.75) is 31.5 Å². The van der Waals surface area contributed by atoms with E-state index in [-0.39, 0.29) is 17.8 Å². The summed E-state index contributed by atoms with van der Waals surface area (Å²) in [5.74, 6) is 1.05. The van der Waals surface area contributed by atoms with Crippen LogP contribution < -0.4 is 4.74 Å². The molecule has 0 spiro atoms. The number of likely N-dealkylation sites (tertiary alicyclic amines) is 1. The second-order valence-electron chi connectivity index (χ2n) is 8.08. The number of methoxy groups -OCH3 is 1. The summed E-state index contributed by atoms with van der Waals surface area (Å²) in [7, 11) is 1.62. The summed E-state index contributed by atoms with van der Waals surface area (Å²) in [5, 5.41) is 9.53. The zero-order chi connectivity index (χ0) is 21.5. The number of halogens is 3. The molecule has 1 saturated heterocycles. The third-order valence-electron chi connectivity index (χ3n) is 6.01. The molecule has 1 fully saturated rings. The normalized spacial score (nSPS) is 20.4. The van der Waals surface area contributed by atoms with Gasteiger partial charge in [-0.05, 0) is 60.2 Å². The van der Waals surface area contributed by atoms with E-state index in [2.05, 4.69) is 4.90 Å². The number of rotatable bonds is 3. The number of ketones is 1. The predicted molar refractivity (Wildman–Crippen MR) is 107 cm³/mol. The number of benzene rings is 2. The van der Waals surface area contributed by atoms with E-state index in [1.807, 2.05) is 18.2 Å². The van der Waals surface area contributed by atoms with Gasteiger partial charge in [0.05, 0.1) is 18.8 Å². The highest BCUT2D eigenvalue weighted by Gasteiger charge is 2.37. The molecule has 1 aromatic rings. The van der Waals surface area contributed by atoms with Crippen LogP contribution in [0.1, 0.15) is 34.3 Å². The molecule has 5 rings (SSSR count). The first-order valence-electron chi connectivity index (χ1n) is 10.1. The lowest BCUT2D eigenvalue weighted by Crippen LogP contribution is -2.39. The van der Waals surface area contributed by atoms with E-state index in [1.165, 1.54) is 12.1 Å². The lowest BCUT2D eigenvalue weighted by molar-refractivity contribution is -0.136. The van der Waals surface area contributed by atoms with E-state index < -0.39 is 11.7 Å². The number of hydrogen-bond donors (Lipinski definition) is 1. The maximum Gasteiger partial charge on any atom is 0.417 e. The predicted octanol–water partition coefficient (Wildman–Crippen LogP) is 4.19. The molecule has 30 heavy (non-hydrogen) atoms. The summed E-state index contributed by atoms with van der Waals surface area (Å²) in [6.45, 7) is 2.60. The molecule has 0 aromatic heterocycles. The number of alkyl halides is 3. The molecule has 1 aliphatic heterocycles. The van der Waals surface area contributed by atoms with Gasteiger partial charge in [-0.2, -0.15) is 13.2 Å². The van der Waals surface area contributed by atoms with Gasteiger partial charge in [-0.15, -0.1) is 0 Å². The fourth-order valence-electron chi connectivity index (χ4n) is 4.23. The summed E-state index contributed by atoms with van der Waals surface area (Å²) in [6.07, 6.45) is -1.85. The molecule has 7 heteroatoms. The van der Waals surface area contributed by atoms with Crippen LogP contribution in [0.15, 0.2) is 36.4 Å². The number of carbonyl (C=O) groups is 1. The molecule has 1 unspecified atom stereocenters. The molecule has 3 aliphatic carbocycles. The number of aliphatic hydroxyl groups is 1. The Morgan fingerprint density at radius 1 is 1.10 bits per heavy atom. The smallest absolute Gasteiger partial charge is 0.417 e. The Balaban J connectivity index is 0.000000181. The summed E-state index contributed by atoms with van der Waals surface area (Å²) in [4.78, 5) is 14.8. The second kappa shape index (κ2) is 8.04. The SMILES string of the molecule is COc1ccc2c(c1)C(=O)C(CN1CCC(O)CC1)C2.FC(F)(F)c1ccc2cc1-2. The van der Waals surface area contributed by atoms with E-state index in [0.29, 0.717) is 5.56 Å². The van der Waals surface area contributed by atoms with Crippen molar-refractivity contribution in [1.82, 2.24) is 4.90 Å². The maximum absolute atomic E-state index is 12.5. The van der Waals surface area contributed by atoms with Gasteiger partial charge >= 0.3 is 6.18 Å². The van der Waals surface area contributed by atoms with Gasteiger partial charge in [-0.3, -0.25) is 4.79 Å². The molecule has 4 aliphatic rings. The Kier molecular flexibility index (Phi) is 5.59. The minimum atomic E-state index is -4.17. The number of Topliss-reactive ketones (excluding diaryl/α,β-unsaturated/α-hetero) is 1. The fraction of sp³-hybridized carbons (Fsp3) is 0.435. The van der Waals surface area contributed by atoms with Gasteiger partial charge in [0, 0.05) is 31.1 Å². The van der Waals surface area contributed by atoms with Crippen LogP contribution in [-0.2, 0) is 12.6 Å². The van der Waals surface area contributed by atoms with Gasteiger partial charge in [-0.25, -0.2) is 0 Å². The second-order valence-corrected chi connectivity index (χ2v) is 8.08. The van der Waals surface area contributed by atoms with Crippen molar-refractivity contribution in [2.75, 3.05) is 26.7 Å². The highest BCUT2D eigenvalue weighted by Crippen LogP contribution is 2.45. The number of hydrogen-bond acceptors (Lipinski definition) is 4. The van der Waals surface area contributed by atoms with Gasteiger partial charge in [0.2, 0.25) is 0 Å². The number of nitrogens with zero attached hydrogens (tertiary/aromatic N) is 1. The largest absolute Gasteiger partial charge is 0.497 e. The number of fused-ring (bicyclic) bond motifs is 2. The van der Waals surface area contributed by atoms with Crippen molar-refractivity contribution in [3.63, 3.8) is 0 Å². The van der Waals surface area contributed by atoms with E-state index in [9.17, 15) is 23.1 Å². The van der Waals surface area contributed by atoms with Crippen LogP contribution in [0.5, 0.6) is 5.75 Å². The van der Waals surface area contributed by atoms with Crippen LogP contribution in [-0.4, -0.2) is 48.6 Å². The Morgan fingerprint density at radius 3 is 2.37 bits per heavy atom. The lowest BCUT2D eigenvalue weighted by Gasteiger charge is -2.30. The third-order valence-corrected chi connectivity index (χ3v) is 6.01. The van der Waals surface area contributed by atoms with E-state index in [1.54, 1.807) is 7.11 Å². The minimum Gasteiger partial charge on any atom is -0.497 e. The maximum atomic E-state index is 12.5. The molecular formula is C23H24F3NO3. The molecule has 0 radical (unpaired) electrons. The zero-order valence-corrected chi connectivity index (χ0v) is 16.7. The number of ether oxygens (including phenoxy) is 1. The molecule has 160 valence electrons. The Bertz CT molecular complexity index is 949. The molecule has 0 bridgehead atoms. The molecule has 4 nitrogen and oxygen atoms in total. The van der Waals surface area contributed by atoms with Gasteiger partial charge in [-0.1, -0.05) is 12.1 Å². The summed E-state index contributed by atoms with van der Waals surface area (Å²) < 4.78 is 40.9. The number of aliphatic hydroxyl groups excluding tert-OH is 1. The first kappa shape index (κ1) is 20.9. The average Bonchev–Trinajstić information content (AvgIpc) is 3.24. The molecule has 1 heterocycles. The van der Waals surface area contributed by atoms with Crippen molar-refractivity contribution < 1.29 is 27.8 Å². The van der Waals surface area contributed by atoms with Crippen molar-refractivity contribution in [1.29, 1.82) is 0 Å².